The van der Waals surface area contributed by atoms with E-state index >= 15 is 0 Å². The number of Topliss-reactive ketones (excluding diaryl/α,β-unsaturated/α-hetero) is 1. The van der Waals surface area contributed by atoms with Crippen LogP contribution in [-0.2, 0) is 4.79 Å². The van der Waals surface area contributed by atoms with E-state index in [-0.39, 0.29) is 5.78 Å². The number of rotatable bonds is 6. The van der Waals surface area contributed by atoms with Crippen LogP contribution in [0.4, 0.5) is 0 Å². The van der Waals surface area contributed by atoms with Crippen molar-refractivity contribution in [3.63, 3.8) is 0 Å². The molecule has 0 bridgehead atoms. The van der Waals surface area contributed by atoms with Crippen LogP contribution in [0.25, 0.3) is 0 Å². The summed E-state index contributed by atoms with van der Waals surface area (Å²) in [6, 6.07) is 0. The molecule has 0 heterocycles. The minimum atomic E-state index is -0.716. The second-order valence-corrected chi connectivity index (χ2v) is 4.65. The van der Waals surface area contributed by atoms with Crippen molar-refractivity contribution in [1.82, 2.24) is 0 Å². The first-order valence-corrected chi connectivity index (χ1v) is 5.66. The van der Waals surface area contributed by atoms with Gasteiger partial charge in [-0.3, -0.25) is 9.79 Å². The van der Waals surface area contributed by atoms with Crippen LogP contribution in [0.15, 0.2) is 4.99 Å². The van der Waals surface area contributed by atoms with Crippen molar-refractivity contribution in [1.29, 1.82) is 0 Å². The van der Waals surface area contributed by atoms with Crippen molar-refractivity contribution >= 4 is 23.4 Å². The number of thioether (sulfide) groups is 1. The Morgan fingerprint density at radius 2 is 2.07 bits per heavy atom. The highest BCUT2D eigenvalue weighted by Gasteiger charge is 2.23. The summed E-state index contributed by atoms with van der Waals surface area (Å²) in [4.78, 5) is 15.1. The molecule has 0 saturated carbocycles. The summed E-state index contributed by atoms with van der Waals surface area (Å²) >= 11 is 1.62. The molecule has 0 aliphatic heterocycles. The van der Waals surface area contributed by atoms with Crippen LogP contribution in [0.3, 0.4) is 0 Å². The van der Waals surface area contributed by atoms with Crippen LogP contribution in [0.1, 0.15) is 20.8 Å². The van der Waals surface area contributed by atoms with Gasteiger partial charge >= 0.3 is 0 Å². The fourth-order valence-corrected chi connectivity index (χ4v) is 1.66. The smallest absolute Gasteiger partial charge is 0.150 e. The van der Waals surface area contributed by atoms with E-state index in [9.17, 15) is 4.79 Å². The summed E-state index contributed by atoms with van der Waals surface area (Å²) in [5, 5.41) is 0. The second kappa shape index (κ2) is 6.03. The van der Waals surface area contributed by atoms with E-state index < -0.39 is 5.54 Å². The predicted molar refractivity (Wildman–Crippen MR) is 62.8 cm³/mol. The molecule has 82 valence electrons. The Bertz CT molecular complexity index is 222. The molecular formula is C9H19N3OS. The molecule has 0 rings (SSSR count). The number of nitrogens with two attached hydrogens (primary N) is 2. The molecular weight excluding hydrogens is 198 g/mol. The molecule has 0 radical (unpaired) electrons. The van der Waals surface area contributed by atoms with Crippen molar-refractivity contribution in [3.05, 3.63) is 0 Å². The minimum absolute atomic E-state index is 0.0171. The summed E-state index contributed by atoms with van der Waals surface area (Å²) < 4.78 is 0. The Kier molecular flexibility index (Phi) is 5.79. The van der Waals surface area contributed by atoms with Gasteiger partial charge in [0, 0.05) is 18.1 Å². The third kappa shape index (κ3) is 5.99. The van der Waals surface area contributed by atoms with Crippen LogP contribution >= 0.6 is 11.8 Å². The van der Waals surface area contributed by atoms with Gasteiger partial charge in [0.2, 0.25) is 0 Å². The number of carbonyl (C=O) groups is 1. The lowest BCUT2D eigenvalue weighted by atomic mass is 10.0. The van der Waals surface area contributed by atoms with Crippen molar-refractivity contribution < 1.29 is 4.79 Å². The molecule has 0 unspecified atom stereocenters. The summed E-state index contributed by atoms with van der Waals surface area (Å²) in [6.45, 7) is 5.71. The molecule has 0 spiro atoms. The SMILES string of the molecule is CC(=O)[C@](C)(N)CSCCN=C(C)N. The zero-order valence-corrected chi connectivity index (χ0v) is 9.86. The number of amidine groups is 1. The molecule has 0 amide bonds. The van der Waals surface area contributed by atoms with Gasteiger partial charge in [0.25, 0.3) is 0 Å². The zero-order chi connectivity index (χ0) is 11.2. The molecule has 5 heteroatoms. The van der Waals surface area contributed by atoms with Gasteiger partial charge in [0.15, 0.2) is 0 Å². The van der Waals surface area contributed by atoms with E-state index in [0.717, 1.165) is 5.75 Å². The number of hydrogen-bond acceptors (Lipinski definition) is 4. The summed E-state index contributed by atoms with van der Waals surface area (Å²) in [5.41, 5.74) is 10.4. The van der Waals surface area contributed by atoms with Crippen LogP contribution in [0.2, 0.25) is 0 Å². The van der Waals surface area contributed by atoms with Gasteiger partial charge < -0.3 is 11.5 Å². The molecule has 1 atom stereocenters. The van der Waals surface area contributed by atoms with Crippen molar-refractivity contribution in [3.8, 4) is 0 Å². The molecule has 0 aromatic heterocycles. The molecule has 0 saturated heterocycles. The lowest BCUT2D eigenvalue weighted by molar-refractivity contribution is -0.120. The van der Waals surface area contributed by atoms with Gasteiger partial charge in [0.1, 0.15) is 5.78 Å². The quantitative estimate of drug-likeness (QED) is 0.383. The minimum Gasteiger partial charge on any atom is -0.388 e. The first-order chi connectivity index (χ1) is 6.36. The van der Waals surface area contributed by atoms with E-state index in [1.54, 1.807) is 25.6 Å². The van der Waals surface area contributed by atoms with Crippen molar-refractivity contribution in [2.24, 2.45) is 16.5 Å². The lowest BCUT2D eigenvalue weighted by Crippen LogP contribution is -2.46. The Balaban J connectivity index is 3.65. The predicted octanol–water partition coefficient (Wildman–Crippen LogP) is 0.403. The Morgan fingerprint density at radius 1 is 1.50 bits per heavy atom. The average molecular weight is 217 g/mol. The van der Waals surface area contributed by atoms with Gasteiger partial charge in [-0.25, -0.2) is 0 Å². The van der Waals surface area contributed by atoms with Crippen LogP contribution < -0.4 is 11.5 Å². The van der Waals surface area contributed by atoms with Gasteiger partial charge in [-0.2, -0.15) is 11.8 Å². The van der Waals surface area contributed by atoms with Gasteiger partial charge in [-0.05, 0) is 20.8 Å². The highest BCUT2D eigenvalue weighted by Crippen LogP contribution is 2.11. The maximum Gasteiger partial charge on any atom is 0.150 e. The van der Waals surface area contributed by atoms with Crippen LogP contribution in [0.5, 0.6) is 0 Å². The molecule has 0 aliphatic rings. The first-order valence-electron chi connectivity index (χ1n) is 4.50. The topological polar surface area (TPSA) is 81.5 Å². The third-order valence-electron chi connectivity index (χ3n) is 1.80. The van der Waals surface area contributed by atoms with Crippen LogP contribution in [0, 0.1) is 0 Å². The normalized spacial score (nSPS) is 16.4. The fraction of sp³-hybridized carbons (Fsp3) is 0.778. The molecule has 0 aliphatic carbocycles. The summed E-state index contributed by atoms with van der Waals surface area (Å²) in [6.07, 6.45) is 0. The monoisotopic (exact) mass is 217 g/mol. The maximum absolute atomic E-state index is 11.1. The standard InChI is InChI=1S/C9H19N3OS/c1-7(13)9(3,11)6-14-5-4-12-8(2)10/h4-6,11H2,1-3H3,(H2,10,12)/t9-/m1/s1. The van der Waals surface area contributed by atoms with E-state index in [4.69, 9.17) is 11.5 Å². The fourth-order valence-electron chi connectivity index (χ4n) is 0.672. The Hall–Kier alpha value is -0.550. The van der Waals surface area contributed by atoms with Gasteiger partial charge in [-0.1, -0.05) is 0 Å². The van der Waals surface area contributed by atoms with E-state index in [1.807, 2.05) is 0 Å². The molecule has 4 N–H and O–H groups in total. The first kappa shape index (κ1) is 13.4. The van der Waals surface area contributed by atoms with Crippen molar-refractivity contribution in [2.45, 2.75) is 26.3 Å². The third-order valence-corrected chi connectivity index (χ3v) is 3.08. The second-order valence-electron chi connectivity index (χ2n) is 3.55. The zero-order valence-electron chi connectivity index (χ0n) is 9.04. The number of nitrogens with zero attached hydrogens (tertiary/aromatic N) is 1. The maximum atomic E-state index is 11.1. The molecule has 0 aromatic carbocycles. The van der Waals surface area contributed by atoms with Crippen molar-refractivity contribution in [2.75, 3.05) is 18.1 Å². The van der Waals surface area contributed by atoms with E-state index in [1.165, 1.54) is 6.92 Å². The van der Waals surface area contributed by atoms with Crippen LogP contribution in [-0.4, -0.2) is 35.2 Å². The molecule has 0 fully saturated rings. The largest absolute Gasteiger partial charge is 0.388 e. The van der Waals surface area contributed by atoms with Gasteiger partial charge in [-0.15, -0.1) is 0 Å². The highest BCUT2D eigenvalue weighted by molar-refractivity contribution is 7.99. The number of carbonyl (C=O) groups excluding carboxylic acids is 1. The lowest BCUT2D eigenvalue weighted by Gasteiger charge is -2.19. The Morgan fingerprint density at radius 3 is 2.50 bits per heavy atom. The average Bonchev–Trinajstić information content (AvgIpc) is 2.02. The number of aliphatic imine (C=N–C) groups is 1. The van der Waals surface area contributed by atoms with Gasteiger partial charge in [0.05, 0.1) is 11.4 Å². The Labute approximate surface area is 89.5 Å². The van der Waals surface area contributed by atoms with E-state index in [0.29, 0.717) is 18.1 Å². The molecule has 0 aromatic rings. The highest BCUT2D eigenvalue weighted by atomic mass is 32.2. The molecule has 4 nitrogen and oxygen atoms in total. The summed E-state index contributed by atoms with van der Waals surface area (Å²) in [7, 11) is 0. The number of ketones is 1. The summed E-state index contributed by atoms with van der Waals surface area (Å²) in [5.74, 6) is 2.08. The molecule has 14 heavy (non-hydrogen) atoms. The number of hydrogen-bond donors (Lipinski definition) is 2. The van der Waals surface area contributed by atoms with E-state index in [2.05, 4.69) is 4.99 Å².